The summed E-state index contributed by atoms with van der Waals surface area (Å²) >= 11 is 1.48. The Labute approximate surface area is 110 Å². The van der Waals surface area contributed by atoms with Gasteiger partial charge in [-0.1, -0.05) is 6.92 Å². The van der Waals surface area contributed by atoms with E-state index in [1.54, 1.807) is 0 Å². The Balaban J connectivity index is 2.65. The van der Waals surface area contributed by atoms with Crippen LogP contribution >= 0.6 is 11.3 Å². The molecule has 0 bridgehead atoms. The van der Waals surface area contributed by atoms with Gasteiger partial charge in [-0.15, -0.1) is 11.3 Å². The number of nitrogens with zero attached hydrogens (tertiary/aromatic N) is 1. The highest BCUT2D eigenvalue weighted by atomic mass is 32.1. The summed E-state index contributed by atoms with van der Waals surface area (Å²) < 4.78 is 37.4. The first-order valence-corrected chi connectivity index (χ1v) is 6.86. The average Bonchev–Trinajstić information content (AvgIpc) is 2.52. The van der Waals surface area contributed by atoms with E-state index in [1.807, 2.05) is 20.8 Å². The van der Waals surface area contributed by atoms with Gasteiger partial charge in [0.15, 0.2) is 0 Å². The molecule has 0 aliphatic carbocycles. The first-order chi connectivity index (χ1) is 8.31. The molecule has 18 heavy (non-hydrogen) atoms. The highest BCUT2D eigenvalue weighted by Crippen LogP contribution is 2.25. The number of aromatic nitrogens is 1. The lowest BCUT2D eigenvalue weighted by atomic mass is 10.1. The molecule has 0 amide bonds. The van der Waals surface area contributed by atoms with Crippen LogP contribution in [-0.4, -0.2) is 23.7 Å². The Morgan fingerprint density at radius 2 is 2.00 bits per heavy atom. The molecule has 0 aliphatic heterocycles. The first-order valence-electron chi connectivity index (χ1n) is 6.05. The van der Waals surface area contributed by atoms with Crippen molar-refractivity contribution in [3.8, 4) is 0 Å². The second-order valence-corrected chi connectivity index (χ2v) is 5.71. The van der Waals surface area contributed by atoms with E-state index in [-0.39, 0.29) is 0 Å². The maximum Gasteiger partial charge on any atom is 0.390 e. The minimum Gasteiger partial charge on any atom is -0.313 e. The summed E-state index contributed by atoms with van der Waals surface area (Å²) in [4.78, 5) is 5.37. The lowest BCUT2D eigenvalue weighted by molar-refractivity contribution is -0.139. The maximum atomic E-state index is 12.5. The standard InChI is InChI=1S/C12H19F3N2S/c1-4-5-16-10(7-12(13,14)15)6-11-17-8(2)9(3)18-11/h10,16H,4-7H2,1-3H3. The number of aryl methyl sites for hydroxylation is 2. The fraction of sp³-hybridized carbons (Fsp3) is 0.750. The molecule has 1 N–H and O–H groups in total. The molecule has 104 valence electrons. The van der Waals surface area contributed by atoms with Crippen molar-refractivity contribution in [1.29, 1.82) is 0 Å². The van der Waals surface area contributed by atoms with Gasteiger partial charge in [-0.2, -0.15) is 13.2 Å². The average molecular weight is 280 g/mol. The molecular weight excluding hydrogens is 261 g/mol. The van der Waals surface area contributed by atoms with Gasteiger partial charge in [0.25, 0.3) is 0 Å². The Morgan fingerprint density at radius 1 is 1.33 bits per heavy atom. The third-order valence-corrected chi connectivity index (χ3v) is 3.75. The number of rotatable bonds is 6. The third kappa shape index (κ3) is 5.35. The van der Waals surface area contributed by atoms with Crippen LogP contribution in [0.5, 0.6) is 0 Å². The number of halogens is 3. The van der Waals surface area contributed by atoms with E-state index in [9.17, 15) is 13.2 Å². The van der Waals surface area contributed by atoms with Crippen LogP contribution in [0.15, 0.2) is 0 Å². The zero-order valence-electron chi connectivity index (χ0n) is 10.9. The summed E-state index contributed by atoms with van der Waals surface area (Å²) in [5, 5.41) is 3.73. The Hall–Kier alpha value is -0.620. The Morgan fingerprint density at radius 3 is 2.44 bits per heavy atom. The largest absolute Gasteiger partial charge is 0.390 e. The van der Waals surface area contributed by atoms with Crippen LogP contribution in [0.4, 0.5) is 13.2 Å². The molecule has 1 atom stereocenters. The summed E-state index contributed by atoms with van der Waals surface area (Å²) in [6, 6.07) is -0.574. The van der Waals surface area contributed by atoms with Crippen LogP contribution in [0.1, 0.15) is 35.3 Å². The van der Waals surface area contributed by atoms with Gasteiger partial charge in [-0.05, 0) is 26.8 Å². The molecule has 1 aromatic rings. The van der Waals surface area contributed by atoms with Crippen molar-refractivity contribution in [2.45, 2.75) is 52.3 Å². The highest BCUT2D eigenvalue weighted by Gasteiger charge is 2.32. The van der Waals surface area contributed by atoms with E-state index in [0.29, 0.717) is 13.0 Å². The van der Waals surface area contributed by atoms with Crippen LogP contribution in [0.3, 0.4) is 0 Å². The zero-order chi connectivity index (χ0) is 13.8. The quantitative estimate of drug-likeness (QED) is 0.861. The number of hydrogen-bond acceptors (Lipinski definition) is 3. The maximum absolute atomic E-state index is 12.5. The molecule has 2 nitrogen and oxygen atoms in total. The number of hydrogen-bond donors (Lipinski definition) is 1. The summed E-state index contributed by atoms with van der Waals surface area (Å²) in [5.74, 6) is 0. The molecule has 0 spiro atoms. The normalized spacial score (nSPS) is 13.9. The Kier molecular flexibility index (Phi) is 5.59. The molecule has 0 saturated carbocycles. The van der Waals surface area contributed by atoms with E-state index in [1.165, 1.54) is 11.3 Å². The van der Waals surface area contributed by atoms with Gasteiger partial charge in [0.1, 0.15) is 0 Å². The molecule has 1 unspecified atom stereocenters. The van der Waals surface area contributed by atoms with Crippen LogP contribution in [-0.2, 0) is 6.42 Å². The predicted octanol–water partition coefficient (Wildman–Crippen LogP) is 3.62. The predicted molar refractivity (Wildman–Crippen MR) is 68.0 cm³/mol. The fourth-order valence-corrected chi connectivity index (χ4v) is 2.70. The summed E-state index contributed by atoms with van der Waals surface area (Å²) in [6.45, 7) is 6.36. The highest BCUT2D eigenvalue weighted by molar-refractivity contribution is 7.11. The first kappa shape index (κ1) is 15.4. The van der Waals surface area contributed by atoms with Crippen molar-refractivity contribution in [2.75, 3.05) is 6.54 Å². The number of alkyl halides is 3. The van der Waals surface area contributed by atoms with Crippen molar-refractivity contribution in [3.05, 3.63) is 15.6 Å². The van der Waals surface area contributed by atoms with Gasteiger partial charge in [0.05, 0.1) is 17.1 Å². The fourth-order valence-electron chi connectivity index (χ4n) is 1.68. The van der Waals surface area contributed by atoms with Gasteiger partial charge in [0, 0.05) is 17.3 Å². The third-order valence-electron chi connectivity index (χ3n) is 2.65. The molecule has 0 radical (unpaired) electrons. The van der Waals surface area contributed by atoms with Gasteiger partial charge >= 0.3 is 6.18 Å². The van der Waals surface area contributed by atoms with Crippen molar-refractivity contribution in [1.82, 2.24) is 10.3 Å². The number of nitrogens with one attached hydrogen (secondary N) is 1. The van der Waals surface area contributed by atoms with Crippen LogP contribution in [0, 0.1) is 13.8 Å². The molecular formula is C12H19F3N2S. The monoisotopic (exact) mass is 280 g/mol. The molecule has 1 rings (SSSR count). The van der Waals surface area contributed by atoms with Crippen LogP contribution in [0.25, 0.3) is 0 Å². The van der Waals surface area contributed by atoms with E-state index < -0.39 is 18.6 Å². The molecule has 0 fully saturated rings. The van der Waals surface area contributed by atoms with Crippen LogP contribution < -0.4 is 5.32 Å². The molecule has 0 saturated heterocycles. The van der Waals surface area contributed by atoms with Crippen molar-refractivity contribution >= 4 is 11.3 Å². The topological polar surface area (TPSA) is 24.9 Å². The van der Waals surface area contributed by atoms with Gasteiger partial charge in [-0.25, -0.2) is 4.98 Å². The lowest BCUT2D eigenvalue weighted by Gasteiger charge is -2.18. The molecule has 1 aromatic heterocycles. The summed E-state index contributed by atoms with van der Waals surface area (Å²) in [7, 11) is 0. The zero-order valence-corrected chi connectivity index (χ0v) is 11.7. The second-order valence-electron chi connectivity index (χ2n) is 4.42. The molecule has 6 heteroatoms. The van der Waals surface area contributed by atoms with Crippen molar-refractivity contribution < 1.29 is 13.2 Å². The van der Waals surface area contributed by atoms with E-state index in [0.717, 1.165) is 22.0 Å². The second kappa shape index (κ2) is 6.52. The van der Waals surface area contributed by atoms with Crippen molar-refractivity contribution in [3.63, 3.8) is 0 Å². The van der Waals surface area contributed by atoms with Crippen LogP contribution in [0.2, 0.25) is 0 Å². The van der Waals surface area contributed by atoms with Crippen molar-refractivity contribution in [2.24, 2.45) is 0 Å². The minimum atomic E-state index is -4.13. The van der Waals surface area contributed by atoms with E-state index in [2.05, 4.69) is 10.3 Å². The summed E-state index contributed by atoms with van der Waals surface area (Å²) in [5.41, 5.74) is 0.913. The molecule has 1 heterocycles. The van der Waals surface area contributed by atoms with Gasteiger partial charge in [-0.3, -0.25) is 0 Å². The Bertz CT molecular complexity index is 354. The smallest absolute Gasteiger partial charge is 0.313 e. The molecule has 0 aromatic carbocycles. The lowest BCUT2D eigenvalue weighted by Crippen LogP contribution is -2.36. The number of thiazole rings is 1. The minimum absolute atomic E-state index is 0.346. The molecule has 0 aliphatic rings. The van der Waals surface area contributed by atoms with E-state index >= 15 is 0 Å². The summed E-state index contributed by atoms with van der Waals surface area (Å²) in [6.07, 6.45) is -3.76. The van der Waals surface area contributed by atoms with Gasteiger partial charge in [0.2, 0.25) is 0 Å². The SMILES string of the molecule is CCCNC(Cc1nc(C)c(C)s1)CC(F)(F)F. The van der Waals surface area contributed by atoms with E-state index in [4.69, 9.17) is 0 Å². The van der Waals surface area contributed by atoms with Gasteiger partial charge < -0.3 is 5.32 Å².